The van der Waals surface area contributed by atoms with Gasteiger partial charge >= 0.3 is 12.0 Å². The van der Waals surface area contributed by atoms with E-state index in [1.807, 2.05) is 42.6 Å². The van der Waals surface area contributed by atoms with Crippen LogP contribution in [0.15, 0.2) is 35.7 Å². The molecule has 1 unspecified atom stereocenters. The molecule has 0 radical (unpaired) electrons. The first kappa shape index (κ1) is 15.6. The Hall–Kier alpha value is -2.34. The number of aryl methyl sites for hydroxylation is 1. The number of carbonyl (C=O) groups excluding carboxylic acids is 2. The second kappa shape index (κ2) is 6.42. The number of hydrogen-bond acceptors (Lipinski definition) is 4. The molecule has 1 aliphatic heterocycles. The third-order valence-electron chi connectivity index (χ3n) is 3.92. The van der Waals surface area contributed by atoms with Crippen LogP contribution in [-0.2, 0) is 16.0 Å². The van der Waals surface area contributed by atoms with E-state index >= 15 is 0 Å². The standard InChI is InChI=1S/C17H18N2O3S/c1-11-4-3-5-12(10-11)18-17(21)19-8-6-14-13(7-9-23-14)15(19)16(20)22-2/h3-5,7,9-10,15H,6,8H2,1-2H3,(H,18,21). The quantitative estimate of drug-likeness (QED) is 0.859. The lowest BCUT2D eigenvalue weighted by Crippen LogP contribution is -2.45. The number of esters is 1. The summed E-state index contributed by atoms with van der Waals surface area (Å²) >= 11 is 1.61. The fourth-order valence-corrected chi connectivity index (χ4v) is 3.72. The molecule has 5 nitrogen and oxygen atoms in total. The fourth-order valence-electron chi connectivity index (χ4n) is 2.82. The SMILES string of the molecule is COC(=O)C1c2ccsc2CCN1C(=O)Nc1cccc(C)c1. The number of urea groups is 1. The number of benzene rings is 1. The maximum Gasteiger partial charge on any atom is 0.333 e. The summed E-state index contributed by atoms with van der Waals surface area (Å²) in [6.45, 7) is 2.45. The van der Waals surface area contributed by atoms with Gasteiger partial charge in [0, 0.05) is 17.1 Å². The van der Waals surface area contributed by atoms with Gasteiger partial charge in [-0.15, -0.1) is 11.3 Å². The Labute approximate surface area is 138 Å². The first-order valence-electron chi connectivity index (χ1n) is 7.38. The summed E-state index contributed by atoms with van der Waals surface area (Å²) < 4.78 is 4.91. The van der Waals surface area contributed by atoms with Crippen LogP contribution in [-0.4, -0.2) is 30.6 Å². The normalized spacial score (nSPS) is 16.6. The smallest absolute Gasteiger partial charge is 0.333 e. The number of methoxy groups -OCH3 is 1. The van der Waals surface area contributed by atoms with E-state index in [2.05, 4.69) is 5.32 Å². The average Bonchev–Trinajstić information content (AvgIpc) is 3.01. The summed E-state index contributed by atoms with van der Waals surface area (Å²) in [4.78, 5) is 27.5. The second-order valence-corrected chi connectivity index (χ2v) is 6.47. The van der Waals surface area contributed by atoms with Crippen molar-refractivity contribution in [3.8, 4) is 0 Å². The molecule has 120 valence electrons. The highest BCUT2D eigenvalue weighted by molar-refractivity contribution is 7.10. The fraction of sp³-hybridized carbons (Fsp3) is 0.294. The van der Waals surface area contributed by atoms with Gasteiger partial charge in [0.25, 0.3) is 0 Å². The van der Waals surface area contributed by atoms with Crippen LogP contribution in [0.1, 0.15) is 22.0 Å². The zero-order chi connectivity index (χ0) is 16.4. The van der Waals surface area contributed by atoms with Crippen LogP contribution in [0.5, 0.6) is 0 Å². The zero-order valence-electron chi connectivity index (χ0n) is 13.0. The Morgan fingerprint density at radius 3 is 2.91 bits per heavy atom. The summed E-state index contributed by atoms with van der Waals surface area (Å²) in [6, 6.07) is 8.50. The lowest BCUT2D eigenvalue weighted by Gasteiger charge is -2.33. The first-order chi connectivity index (χ1) is 11.1. The van der Waals surface area contributed by atoms with Crippen molar-refractivity contribution in [2.75, 3.05) is 19.0 Å². The molecule has 1 aromatic carbocycles. The molecule has 0 aliphatic carbocycles. The van der Waals surface area contributed by atoms with Crippen LogP contribution >= 0.6 is 11.3 Å². The highest BCUT2D eigenvalue weighted by Crippen LogP contribution is 2.34. The molecule has 23 heavy (non-hydrogen) atoms. The van der Waals surface area contributed by atoms with E-state index in [0.29, 0.717) is 6.54 Å². The van der Waals surface area contributed by atoms with Gasteiger partial charge in [-0.25, -0.2) is 9.59 Å². The summed E-state index contributed by atoms with van der Waals surface area (Å²) in [6.07, 6.45) is 0.752. The number of amides is 2. The molecule has 1 aliphatic rings. The van der Waals surface area contributed by atoms with Crippen molar-refractivity contribution in [2.45, 2.75) is 19.4 Å². The molecular weight excluding hydrogens is 312 g/mol. The number of fused-ring (bicyclic) bond motifs is 1. The lowest BCUT2D eigenvalue weighted by molar-refractivity contribution is -0.146. The number of hydrogen-bond donors (Lipinski definition) is 1. The van der Waals surface area contributed by atoms with E-state index in [1.54, 1.807) is 16.2 Å². The van der Waals surface area contributed by atoms with Gasteiger partial charge in [0.05, 0.1) is 7.11 Å². The largest absolute Gasteiger partial charge is 0.467 e. The van der Waals surface area contributed by atoms with Crippen LogP contribution in [0.4, 0.5) is 10.5 Å². The second-order valence-electron chi connectivity index (χ2n) is 5.47. The van der Waals surface area contributed by atoms with Crippen molar-refractivity contribution in [1.29, 1.82) is 0 Å². The monoisotopic (exact) mass is 330 g/mol. The van der Waals surface area contributed by atoms with E-state index in [1.165, 1.54) is 7.11 Å². The highest BCUT2D eigenvalue weighted by Gasteiger charge is 2.37. The molecule has 2 heterocycles. The molecule has 0 saturated heterocycles. The maximum absolute atomic E-state index is 12.7. The average molecular weight is 330 g/mol. The van der Waals surface area contributed by atoms with Gasteiger partial charge in [0.1, 0.15) is 0 Å². The number of carbonyl (C=O) groups is 2. The van der Waals surface area contributed by atoms with Crippen LogP contribution in [0.3, 0.4) is 0 Å². The van der Waals surface area contributed by atoms with Crippen molar-refractivity contribution in [3.63, 3.8) is 0 Å². The summed E-state index contributed by atoms with van der Waals surface area (Å²) in [5.41, 5.74) is 2.65. The predicted octanol–water partition coefficient (Wildman–Crippen LogP) is 3.36. The molecule has 2 aromatic rings. The third-order valence-corrected chi connectivity index (χ3v) is 4.92. The minimum Gasteiger partial charge on any atom is -0.467 e. The molecule has 1 atom stereocenters. The molecule has 1 aromatic heterocycles. The molecular formula is C17H18N2O3S. The van der Waals surface area contributed by atoms with E-state index in [0.717, 1.165) is 28.1 Å². The summed E-state index contributed by atoms with van der Waals surface area (Å²) in [7, 11) is 1.35. The first-order valence-corrected chi connectivity index (χ1v) is 8.26. The molecule has 1 N–H and O–H groups in total. The Morgan fingerprint density at radius 1 is 1.35 bits per heavy atom. The van der Waals surface area contributed by atoms with Crippen molar-refractivity contribution in [2.24, 2.45) is 0 Å². The summed E-state index contributed by atoms with van der Waals surface area (Å²) in [5, 5.41) is 4.81. The molecule has 0 fully saturated rings. The molecule has 3 rings (SSSR count). The number of rotatable bonds is 2. The van der Waals surface area contributed by atoms with E-state index in [9.17, 15) is 9.59 Å². The third kappa shape index (κ3) is 3.07. The Bertz CT molecular complexity index is 741. The zero-order valence-corrected chi connectivity index (χ0v) is 13.9. The van der Waals surface area contributed by atoms with Crippen molar-refractivity contribution in [3.05, 3.63) is 51.7 Å². The maximum atomic E-state index is 12.7. The number of nitrogens with zero attached hydrogens (tertiary/aromatic N) is 1. The van der Waals surface area contributed by atoms with Gasteiger partial charge in [0.2, 0.25) is 0 Å². The van der Waals surface area contributed by atoms with Crippen LogP contribution in [0.25, 0.3) is 0 Å². The minimum atomic E-state index is -0.681. The highest BCUT2D eigenvalue weighted by atomic mass is 32.1. The van der Waals surface area contributed by atoms with E-state index in [-0.39, 0.29) is 6.03 Å². The van der Waals surface area contributed by atoms with Gasteiger partial charge < -0.3 is 15.0 Å². The van der Waals surface area contributed by atoms with Crippen LogP contribution < -0.4 is 5.32 Å². The number of anilines is 1. The van der Waals surface area contributed by atoms with Crippen molar-refractivity contribution in [1.82, 2.24) is 4.90 Å². The minimum absolute atomic E-state index is 0.289. The van der Waals surface area contributed by atoms with Crippen molar-refractivity contribution < 1.29 is 14.3 Å². The number of ether oxygens (including phenoxy) is 1. The topological polar surface area (TPSA) is 58.6 Å². The predicted molar refractivity (Wildman–Crippen MR) is 89.7 cm³/mol. The van der Waals surface area contributed by atoms with E-state index < -0.39 is 12.0 Å². The molecule has 0 bridgehead atoms. The number of nitrogens with one attached hydrogen (secondary N) is 1. The molecule has 0 spiro atoms. The molecule has 0 saturated carbocycles. The van der Waals surface area contributed by atoms with Crippen LogP contribution in [0, 0.1) is 6.92 Å². The number of thiophene rings is 1. The molecule has 6 heteroatoms. The van der Waals surface area contributed by atoms with Gasteiger partial charge in [-0.05, 0) is 48.1 Å². The van der Waals surface area contributed by atoms with Crippen molar-refractivity contribution >= 4 is 29.0 Å². The Balaban J connectivity index is 1.85. The summed E-state index contributed by atoms with van der Waals surface area (Å²) in [5.74, 6) is -0.413. The van der Waals surface area contributed by atoms with E-state index in [4.69, 9.17) is 4.74 Å². The Morgan fingerprint density at radius 2 is 2.17 bits per heavy atom. The lowest BCUT2D eigenvalue weighted by atomic mass is 10.0. The van der Waals surface area contributed by atoms with Crippen LogP contribution in [0.2, 0.25) is 0 Å². The van der Waals surface area contributed by atoms with Gasteiger partial charge in [-0.1, -0.05) is 12.1 Å². The molecule has 2 amide bonds. The Kier molecular flexibility index (Phi) is 4.34. The van der Waals surface area contributed by atoms with Gasteiger partial charge in [-0.2, -0.15) is 0 Å². The van der Waals surface area contributed by atoms with Gasteiger partial charge in [0.15, 0.2) is 6.04 Å². The van der Waals surface area contributed by atoms with Gasteiger partial charge in [-0.3, -0.25) is 0 Å².